The standard InChI is InChI=1S/CH9N5O4/c2-5(1-4-10-8)6(7)9-3/h2,4-6,8H,1,3H2. The summed E-state index contributed by atoms with van der Waals surface area (Å²) < 4.78 is 0. The molecular formula is CH9N5O4. The summed E-state index contributed by atoms with van der Waals surface area (Å²) in [6, 6.07) is 0. The molecule has 0 aromatic rings. The lowest BCUT2D eigenvalue weighted by atomic mass is 11.2. The molecule has 0 fully saturated rings. The Morgan fingerprint density at radius 3 is 2.80 bits per heavy atom. The van der Waals surface area contributed by atoms with Crippen LogP contribution in [0.2, 0.25) is 0 Å². The van der Waals surface area contributed by atoms with E-state index in [1.807, 2.05) is 5.48 Å². The summed E-state index contributed by atoms with van der Waals surface area (Å²) in [6.45, 7) is -0.271. The molecule has 0 aliphatic carbocycles. The molecule has 0 heterocycles. The van der Waals surface area contributed by atoms with Crippen LogP contribution in [0.4, 0.5) is 0 Å². The van der Waals surface area contributed by atoms with Gasteiger partial charge in [-0.15, -0.1) is 10.5 Å². The van der Waals surface area contributed by atoms with E-state index in [4.69, 9.17) is 11.1 Å². The van der Waals surface area contributed by atoms with Crippen LogP contribution in [-0.4, -0.2) is 11.9 Å². The minimum absolute atomic E-state index is 0.271. The average Bonchev–Trinajstić information content (AvgIpc) is 1.98. The number of hydrogen-bond donors (Lipinski definition) is 5. The Morgan fingerprint density at radius 1 is 1.80 bits per heavy atom. The highest BCUT2D eigenvalue weighted by Crippen LogP contribution is 1.40. The van der Waals surface area contributed by atoms with Gasteiger partial charge in [-0.25, -0.2) is 10.4 Å². The number of rotatable bonds is 5. The summed E-state index contributed by atoms with van der Waals surface area (Å²) in [7, 11) is 0. The first-order chi connectivity index (χ1) is 4.72. The van der Waals surface area contributed by atoms with Gasteiger partial charge in [0.1, 0.15) is 0 Å². The molecule has 9 nitrogen and oxygen atoms in total. The highest BCUT2D eigenvalue weighted by molar-refractivity contribution is 3.99. The lowest BCUT2D eigenvalue weighted by Gasteiger charge is -2.26. The van der Waals surface area contributed by atoms with E-state index in [0.29, 0.717) is 0 Å². The van der Waals surface area contributed by atoms with Crippen molar-refractivity contribution in [3.8, 4) is 0 Å². The topological polar surface area (TPSA) is 132 Å². The van der Waals surface area contributed by atoms with Gasteiger partial charge in [0, 0.05) is 0 Å². The van der Waals surface area contributed by atoms with E-state index in [1.165, 1.54) is 0 Å². The fourth-order valence-electron chi connectivity index (χ4n) is 0.248. The minimum atomic E-state index is -0.982. The SMILES string of the molecule is [NH-][NH+](CNOO)[NH+]([O-])ON. The zero-order chi connectivity index (χ0) is 7.98. The monoisotopic (exact) mass is 155 g/mol. The van der Waals surface area contributed by atoms with Gasteiger partial charge >= 0.3 is 0 Å². The fraction of sp³-hybridized carbons (Fsp3) is 1.00. The van der Waals surface area contributed by atoms with Crippen LogP contribution in [0.15, 0.2) is 0 Å². The van der Waals surface area contributed by atoms with Crippen LogP contribution in [-0.2, 0) is 9.93 Å². The quantitative estimate of drug-likeness (QED) is 0.156. The Morgan fingerprint density at radius 2 is 2.40 bits per heavy atom. The van der Waals surface area contributed by atoms with Crippen LogP contribution >= 0.6 is 0 Å². The predicted molar refractivity (Wildman–Crippen MR) is 26.6 cm³/mol. The second kappa shape index (κ2) is 5.43. The summed E-state index contributed by atoms with van der Waals surface area (Å²) in [5, 5.41) is 16.5. The minimum Gasteiger partial charge on any atom is -0.548 e. The van der Waals surface area contributed by atoms with Gasteiger partial charge in [-0.1, -0.05) is 10.3 Å². The molecule has 0 saturated heterocycles. The molecule has 0 bridgehead atoms. The zero-order valence-electron chi connectivity index (χ0n) is 4.96. The average molecular weight is 155 g/mol. The molecule has 0 aliphatic rings. The number of hydroxylamine groups is 1. The van der Waals surface area contributed by atoms with Crippen molar-refractivity contribution in [2.24, 2.45) is 5.90 Å². The molecule has 0 rings (SSSR count). The summed E-state index contributed by atoms with van der Waals surface area (Å²) in [5.74, 6) is 11.2. The third kappa shape index (κ3) is 3.62. The third-order valence-electron chi connectivity index (χ3n) is 0.667. The van der Waals surface area contributed by atoms with Gasteiger partial charge in [0.15, 0.2) is 6.67 Å². The second-order valence-electron chi connectivity index (χ2n) is 1.30. The second-order valence-corrected chi connectivity index (χ2v) is 1.30. The van der Waals surface area contributed by atoms with E-state index >= 15 is 0 Å². The van der Waals surface area contributed by atoms with Gasteiger partial charge in [-0.3, -0.25) is 0 Å². The van der Waals surface area contributed by atoms with Gasteiger partial charge in [-0.2, -0.15) is 5.90 Å². The van der Waals surface area contributed by atoms with E-state index < -0.39 is 10.5 Å². The number of nitrogens with one attached hydrogen (secondary N) is 4. The maximum Gasteiger partial charge on any atom is 0.192 e. The van der Waals surface area contributed by atoms with Crippen molar-refractivity contribution in [1.82, 2.24) is 5.48 Å². The van der Waals surface area contributed by atoms with Crippen molar-refractivity contribution >= 4 is 0 Å². The van der Waals surface area contributed by atoms with Gasteiger partial charge in [0.2, 0.25) is 0 Å². The van der Waals surface area contributed by atoms with E-state index in [1.54, 1.807) is 0 Å². The van der Waals surface area contributed by atoms with Crippen LogP contribution < -0.4 is 21.8 Å². The zero-order valence-corrected chi connectivity index (χ0v) is 4.96. The molecule has 62 valence electrons. The maximum absolute atomic E-state index is 10.3. The lowest BCUT2D eigenvalue weighted by Crippen LogP contribution is -3.55. The van der Waals surface area contributed by atoms with Gasteiger partial charge in [-0.05, 0) is 0 Å². The number of quaternary nitrogens is 2. The van der Waals surface area contributed by atoms with Crippen LogP contribution in [0.3, 0.4) is 0 Å². The molecule has 0 radical (unpaired) electrons. The molecule has 2 atom stereocenters. The first kappa shape index (κ1) is 9.64. The van der Waals surface area contributed by atoms with Crippen LogP contribution in [0.5, 0.6) is 0 Å². The lowest BCUT2D eigenvalue weighted by molar-refractivity contribution is -1.54. The molecule has 0 spiro atoms. The van der Waals surface area contributed by atoms with Crippen molar-refractivity contribution in [1.29, 1.82) is 0 Å². The highest BCUT2D eigenvalue weighted by atomic mass is 17.2. The van der Waals surface area contributed by atoms with Crippen molar-refractivity contribution in [3.05, 3.63) is 11.0 Å². The first-order valence-electron chi connectivity index (χ1n) is 2.24. The molecule has 9 heteroatoms. The molecule has 2 unspecified atom stereocenters. The van der Waals surface area contributed by atoms with Crippen molar-refractivity contribution in [2.75, 3.05) is 6.67 Å². The van der Waals surface area contributed by atoms with Crippen molar-refractivity contribution < 1.29 is 25.6 Å². The largest absolute Gasteiger partial charge is 0.548 e. The van der Waals surface area contributed by atoms with Crippen LogP contribution in [0, 0.1) is 5.21 Å². The fourth-order valence-corrected chi connectivity index (χ4v) is 0.248. The van der Waals surface area contributed by atoms with E-state index in [0.717, 1.165) is 0 Å². The highest BCUT2D eigenvalue weighted by Gasteiger charge is 2.01. The predicted octanol–water partition coefficient (Wildman–Crippen LogP) is -4.11. The van der Waals surface area contributed by atoms with Gasteiger partial charge < -0.3 is 11.0 Å². The smallest absolute Gasteiger partial charge is 0.192 e. The number of nitrogens with two attached hydrogens (primary N) is 1. The van der Waals surface area contributed by atoms with E-state index in [2.05, 4.69) is 15.8 Å². The molecule has 0 aromatic carbocycles. The third-order valence-corrected chi connectivity index (χ3v) is 0.667. The summed E-state index contributed by atoms with van der Waals surface area (Å²) >= 11 is 0. The van der Waals surface area contributed by atoms with Crippen LogP contribution in [0.1, 0.15) is 0 Å². The summed E-state index contributed by atoms with van der Waals surface area (Å²) in [6.07, 6.45) is 0. The van der Waals surface area contributed by atoms with E-state index in [-0.39, 0.29) is 6.67 Å². The summed E-state index contributed by atoms with van der Waals surface area (Å²) in [5.41, 5.74) is 1.84. The Balaban J connectivity index is 3.31. The number of hydrogen-bond acceptors (Lipinski definition) is 6. The molecular weight excluding hydrogens is 146 g/mol. The molecule has 7 N–H and O–H groups in total. The van der Waals surface area contributed by atoms with Crippen molar-refractivity contribution in [3.63, 3.8) is 0 Å². The molecule has 0 aliphatic heterocycles. The van der Waals surface area contributed by atoms with E-state index in [9.17, 15) is 5.21 Å². The molecule has 0 saturated carbocycles. The Bertz CT molecular complexity index is 80.0. The van der Waals surface area contributed by atoms with Crippen LogP contribution in [0.25, 0.3) is 5.84 Å². The van der Waals surface area contributed by atoms with Gasteiger partial charge in [0.25, 0.3) is 0 Å². The van der Waals surface area contributed by atoms with Gasteiger partial charge in [0.05, 0.1) is 0 Å². The van der Waals surface area contributed by atoms with Crippen molar-refractivity contribution in [2.45, 2.75) is 0 Å². The maximum atomic E-state index is 10.3. The summed E-state index contributed by atoms with van der Waals surface area (Å²) in [4.78, 5) is 7.04. The molecule has 10 heavy (non-hydrogen) atoms. The first-order valence-corrected chi connectivity index (χ1v) is 2.24. The Labute approximate surface area is 56.0 Å². The molecule has 0 amide bonds. The normalized spacial score (nSPS) is 16.8. The molecule has 0 aromatic heterocycles. The Hall–Kier alpha value is -0.360. The Kier molecular flexibility index (Phi) is 5.23.